The molecule has 0 aromatic heterocycles. The molecule has 0 spiro atoms. The summed E-state index contributed by atoms with van der Waals surface area (Å²) in [6.45, 7) is 1.90. The van der Waals surface area contributed by atoms with E-state index in [1.165, 1.54) is 7.11 Å². The first kappa shape index (κ1) is 30.6. The Morgan fingerprint density at radius 1 is 0.556 bits per heavy atom. The molecule has 2 amide bonds. The lowest BCUT2D eigenvalue weighted by Gasteiger charge is -2.11. The maximum Gasteiger partial charge on any atom is 0.337 e. The molecule has 7 heteroatoms. The van der Waals surface area contributed by atoms with Crippen LogP contribution in [0.4, 0.5) is 5.69 Å². The van der Waals surface area contributed by atoms with Crippen LogP contribution < -0.4 is 10.6 Å². The van der Waals surface area contributed by atoms with E-state index in [4.69, 9.17) is 4.74 Å². The molecule has 0 aliphatic carbocycles. The molecule has 0 heterocycles. The van der Waals surface area contributed by atoms with E-state index >= 15 is 0 Å². The highest BCUT2D eigenvalue weighted by molar-refractivity contribution is 6.04. The smallest absolute Gasteiger partial charge is 0.337 e. The van der Waals surface area contributed by atoms with Crippen LogP contribution in [0.25, 0.3) is 22.3 Å². The third kappa shape index (κ3) is 7.77. The Balaban J connectivity index is 1.16. The summed E-state index contributed by atoms with van der Waals surface area (Å²) in [5, 5.41) is 5.87. The van der Waals surface area contributed by atoms with Crippen LogP contribution >= 0.6 is 0 Å². The lowest BCUT2D eigenvalue weighted by atomic mass is 10.0. The number of nitrogens with one attached hydrogen (secondary N) is 2. The van der Waals surface area contributed by atoms with Crippen LogP contribution in [0.3, 0.4) is 0 Å². The van der Waals surface area contributed by atoms with Gasteiger partial charge in [0.05, 0.1) is 12.7 Å². The van der Waals surface area contributed by atoms with Crippen LogP contribution in [0.5, 0.6) is 0 Å². The van der Waals surface area contributed by atoms with Crippen LogP contribution in [0.1, 0.15) is 49.1 Å². The lowest BCUT2D eigenvalue weighted by Crippen LogP contribution is -2.23. The normalized spacial score (nSPS) is 10.5. The summed E-state index contributed by atoms with van der Waals surface area (Å²) < 4.78 is 4.74. The molecule has 5 aromatic rings. The van der Waals surface area contributed by atoms with E-state index in [-0.39, 0.29) is 23.6 Å². The number of carbonyl (C=O) groups is 4. The van der Waals surface area contributed by atoms with Gasteiger partial charge in [0.25, 0.3) is 11.8 Å². The minimum absolute atomic E-state index is 0.0769. The number of ketones is 1. The minimum Gasteiger partial charge on any atom is -0.465 e. The summed E-state index contributed by atoms with van der Waals surface area (Å²) in [4.78, 5) is 48.9. The molecule has 224 valence electrons. The molecule has 2 N–H and O–H groups in total. The monoisotopic (exact) mass is 596 g/mol. The van der Waals surface area contributed by atoms with Gasteiger partial charge in [-0.3, -0.25) is 14.4 Å². The highest BCUT2D eigenvalue weighted by atomic mass is 16.5. The molecule has 0 fully saturated rings. The highest BCUT2D eigenvalue weighted by Crippen LogP contribution is 2.24. The van der Waals surface area contributed by atoms with Crippen molar-refractivity contribution in [1.29, 1.82) is 0 Å². The van der Waals surface area contributed by atoms with Crippen LogP contribution in [0.2, 0.25) is 0 Å². The maximum atomic E-state index is 12.9. The lowest BCUT2D eigenvalue weighted by molar-refractivity contribution is -0.116. The van der Waals surface area contributed by atoms with Crippen molar-refractivity contribution >= 4 is 29.3 Å². The number of ether oxygens (including phenoxy) is 1. The SMILES string of the molecule is COC(=O)c1ccc(-c2ccc(C(=O)Nc3ccc(-c4ccc(C(=O)NCc5ccccc5CC(C)=O)cc4)cc3)cc2)cc1. The topological polar surface area (TPSA) is 102 Å². The minimum atomic E-state index is -0.388. The van der Waals surface area contributed by atoms with E-state index < -0.39 is 0 Å². The molecule has 0 bridgehead atoms. The van der Waals surface area contributed by atoms with E-state index in [0.29, 0.717) is 35.3 Å². The summed E-state index contributed by atoms with van der Waals surface area (Å²) in [5.74, 6) is -0.731. The number of benzene rings is 5. The summed E-state index contributed by atoms with van der Waals surface area (Å²) in [6.07, 6.45) is 0.341. The van der Waals surface area contributed by atoms with Gasteiger partial charge in [-0.15, -0.1) is 0 Å². The average Bonchev–Trinajstić information content (AvgIpc) is 3.07. The van der Waals surface area contributed by atoms with Crippen LogP contribution in [0, 0.1) is 0 Å². The van der Waals surface area contributed by atoms with E-state index in [9.17, 15) is 19.2 Å². The molecule has 5 aromatic carbocycles. The number of amides is 2. The highest BCUT2D eigenvalue weighted by Gasteiger charge is 2.11. The summed E-state index contributed by atoms with van der Waals surface area (Å²) in [6, 6.07) is 36.8. The van der Waals surface area contributed by atoms with Gasteiger partial charge in [0.2, 0.25) is 0 Å². The van der Waals surface area contributed by atoms with Crippen molar-refractivity contribution in [1.82, 2.24) is 5.32 Å². The number of methoxy groups -OCH3 is 1. The van der Waals surface area contributed by atoms with Gasteiger partial charge in [-0.25, -0.2) is 4.79 Å². The van der Waals surface area contributed by atoms with Crippen LogP contribution in [-0.2, 0) is 22.5 Å². The molecule has 0 unspecified atom stereocenters. The van der Waals surface area contributed by atoms with Gasteiger partial charge in [-0.1, -0.05) is 72.8 Å². The first-order valence-electron chi connectivity index (χ1n) is 14.5. The van der Waals surface area contributed by atoms with Gasteiger partial charge in [0.1, 0.15) is 5.78 Å². The third-order valence-electron chi connectivity index (χ3n) is 7.41. The number of Topliss-reactive ketones (excluding diaryl/α,β-unsaturated/α-hetero) is 1. The van der Waals surface area contributed by atoms with Crippen molar-refractivity contribution in [3.8, 4) is 22.3 Å². The molecule has 0 atom stereocenters. The maximum absolute atomic E-state index is 12.9. The van der Waals surface area contributed by atoms with E-state index in [1.807, 2.05) is 84.9 Å². The molecule has 45 heavy (non-hydrogen) atoms. The fourth-order valence-electron chi connectivity index (χ4n) is 4.94. The predicted molar refractivity (Wildman–Crippen MR) is 175 cm³/mol. The number of rotatable bonds is 10. The fourth-order valence-corrected chi connectivity index (χ4v) is 4.94. The third-order valence-corrected chi connectivity index (χ3v) is 7.41. The Labute approximate surface area is 261 Å². The largest absolute Gasteiger partial charge is 0.465 e. The van der Waals surface area contributed by atoms with Crippen LogP contribution in [0.15, 0.2) is 121 Å². The Kier molecular flexibility index (Phi) is 9.60. The van der Waals surface area contributed by atoms with E-state index in [0.717, 1.165) is 33.4 Å². The zero-order valence-electron chi connectivity index (χ0n) is 25.0. The van der Waals surface area contributed by atoms with Crippen molar-refractivity contribution in [2.24, 2.45) is 0 Å². The first-order valence-corrected chi connectivity index (χ1v) is 14.5. The van der Waals surface area contributed by atoms with Gasteiger partial charge in [-0.2, -0.15) is 0 Å². The second-order valence-corrected chi connectivity index (χ2v) is 10.6. The number of hydrogen-bond donors (Lipinski definition) is 2. The number of anilines is 1. The zero-order chi connectivity index (χ0) is 31.8. The van der Waals surface area contributed by atoms with Gasteiger partial charge in [0, 0.05) is 29.8 Å². The Morgan fingerprint density at radius 3 is 1.49 bits per heavy atom. The second-order valence-electron chi connectivity index (χ2n) is 10.6. The number of hydrogen-bond acceptors (Lipinski definition) is 5. The van der Waals surface area contributed by atoms with Gasteiger partial charge >= 0.3 is 5.97 Å². The molecule has 0 radical (unpaired) electrons. The molecule has 0 aliphatic heterocycles. The molecular weight excluding hydrogens is 564 g/mol. The molecule has 5 rings (SSSR count). The Morgan fingerprint density at radius 2 is 1.00 bits per heavy atom. The standard InChI is InChI=1S/C38H32N2O5/c1-25(41)23-33-5-3-4-6-34(33)24-39-36(42)30-13-7-27(8-14-30)29-19-21-35(22-20-29)40-37(43)31-15-9-26(10-16-31)28-11-17-32(18-12-28)38(44)45-2/h3-22H,23-24H2,1-2H3,(H,39,42)(H,40,43). The van der Waals surface area contributed by atoms with Gasteiger partial charge < -0.3 is 15.4 Å². The van der Waals surface area contributed by atoms with Crippen molar-refractivity contribution in [3.05, 3.63) is 149 Å². The Hall–Kier alpha value is -5.82. The van der Waals surface area contributed by atoms with Crippen molar-refractivity contribution < 1.29 is 23.9 Å². The zero-order valence-corrected chi connectivity index (χ0v) is 25.0. The first-order chi connectivity index (χ1) is 21.8. The van der Waals surface area contributed by atoms with Gasteiger partial charge in [-0.05, 0) is 88.8 Å². The average molecular weight is 597 g/mol. The van der Waals surface area contributed by atoms with Crippen LogP contribution in [-0.4, -0.2) is 30.7 Å². The second kappa shape index (κ2) is 14.1. The van der Waals surface area contributed by atoms with Gasteiger partial charge in [0.15, 0.2) is 0 Å². The van der Waals surface area contributed by atoms with Crippen molar-refractivity contribution in [2.45, 2.75) is 19.9 Å². The summed E-state index contributed by atoms with van der Waals surface area (Å²) in [5.41, 5.74) is 7.76. The Bertz CT molecular complexity index is 1830. The fraction of sp³-hybridized carbons (Fsp3) is 0.105. The molecule has 0 saturated carbocycles. The van der Waals surface area contributed by atoms with E-state index in [2.05, 4.69) is 10.6 Å². The molecule has 0 saturated heterocycles. The summed E-state index contributed by atoms with van der Waals surface area (Å²) in [7, 11) is 1.35. The molecule has 7 nitrogen and oxygen atoms in total. The molecular formula is C38H32N2O5. The number of esters is 1. The van der Waals surface area contributed by atoms with Crippen molar-refractivity contribution in [3.63, 3.8) is 0 Å². The van der Waals surface area contributed by atoms with E-state index in [1.54, 1.807) is 43.3 Å². The summed E-state index contributed by atoms with van der Waals surface area (Å²) >= 11 is 0. The predicted octanol–water partition coefficient (Wildman–Crippen LogP) is 7.12. The molecule has 0 aliphatic rings. The quantitative estimate of drug-likeness (QED) is 0.167. The number of carbonyl (C=O) groups excluding carboxylic acids is 4. The van der Waals surface area contributed by atoms with Crippen molar-refractivity contribution in [2.75, 3.05) is 12.4 Å².